The lowest BCUT2D eigenvalue weighted by molar-refractivity contribution is -0.134. The molecule has 0 N–H and O–H groups in total. The van der Waals surface area contributed by atoms with Gasteiger partial charge in [0.15, 0.2) is 5.82 Å². The second-order valence-electron chi connectivity index (χ2n) is 6.66. The van der Waals surface area contributed by atoms with Gasteiger partial charge in [0.2, 0.25) is 11.8 Å². The number of ether oxygens (including phenoxy) is 1. The molecule has 0 aliphatic carbocycles. The van der Waals surface area contributed by atoms with E-state index in [1.54, 1.807) is 0 Å². The van der Waals surface area contributed by atoms with Gasteiger partial charge in [-0.05, 0) is 25.7 Å². The van der Waals surface area contributed by atoms with E-state index in [1.165, 1.54) is 0 Å². The van der Waals surface area contributed by atoms with Crippen LogP contribution in [0.3, 0.4) is 0 Å². The van der Waals surface area contributed by atoms with Gasteiger partial charge in [0, 0.05) is 31.5 Å². The Morgan fingerprint density at radius 2 is 2.23 bits per heavy atom. The zero-order chi connectivity index (χ0) is 15.5. The molecule has 6 nitrogen and oxygen atoms in total. The number of carbonyl (C=O) groups excluding carboxylic acids is 1. The number of nitrogens with zero attached hydrogens (tertiary/aromatic N) is 3. The zero-order valence-corrected chi connectivity index (χ0v) is 13.5. The lowest BCUT2D eigenvalue weighted by atomic mass is 9.96. The van der Waals surface area contributed by atoms with Gasteiger partial charge in [-0.2, -0.15) is 4.98 Å². The van der Waals surface area contributed by atoms with Crippen molar-refractivity contribution in [1.29, 1.82) is 0 Å². The number of aromatic nitrogens is 2. The van der Waals surface area contributed by atoms with Gasteiger partial charge < -0.3 is 14.2 Å². The number of rotatable bonds is 4. The molecule has 6 heteroatoms. The average molecular weight is 307 g/mol. The van der Waals surface area contributed by atoms with Crippen molar-refractivity contribution in [2.24, 2.45) is 0 Å². The smallest absolute Gasteiger partial charge is 0.229 e. The van der Waals surface area contributed by atoms with E-state index in [1.807, 2.05) is 18.7 Å². The molecular weight excluding hydrogens is 282 g/mol. The van der Waals surface area contributed by atoms with Crippen LogP contribution >= 0.6 is 0 Å². The van der Waals surface area contributed by atoms with E-state index in [4.69, 9.17) is 9.26 Å². The zero-order valence-electron chi connectivity index (χ0n) is 13.5. The van der Waals surface area contributed by atoms with Crippen LogP contribution in [0.15, 0.2) is 4.52 Å². The summed E-state index contributed by atoms with van der Waals surface area (Å²) in [5.74, 6) is 2.06. The standard InChI is InChI=1S/C16H25N3O3/c1-11(2)16-17-15(18-22-16)12-5-3-7-19(10-12)14(20)9-13-6-4-8-21-13/h11-13H,3-10H2,1-2H3/t12-,13+/m1/s1. The van der Waals surface area contributed by atoms with Gasteiger partial charge in [0.1, 0.15) is 0 Å². The maximum atomic E-state index is 12.4. The normalized spacial score (nSPS) is 25.9. The molecule has 0 saturated carbocycles. The van der Waals surface area contributed by atoms with Crippen LogP contribution in [0.5, 0.6) is 0 Å². The van der Waals surface area contributed by atoms with Gasteiger partial charge in [-0.1, -0.05) is 19.0 Å². The SMILES string of the molecule is CC(C)c1nc([C@@H]2CCCN(C(=O)C[C@@H]3CCCO3)C2)no1. The first-order valence-electron chi connectivity index (χ1n) is 8.36. The molecule has 2 fully saturated rings. The number of amides is 1. The number of piperidine rings is 1. The quantitative estimate of drug-likeness (QED) is 0.854. The summed E-state index contributed by atoms with van der Waals surface area (Å²) in [4.78, 5) is 18.9. The highest BCUT2D eigenvalue weighted by Crippen LogP contribution is 2.27. The summed E-state index contributed by atoms with van der Waals surface area (Å²) in [6.45, 7) is 6.40. The first kappa shape index (κ1) is 15.5. The molecule has 122 valence electrons. The van der Waals surface area contributed by atoms with Crippen molar-refractivity contribution in [3.8, 4) is 0 Å². The van der Waals surface area contributed by atoms with Crippen LogP contribution in [0.2, 0.25) is 0 Å². The molecule has 1 aromatic rings. The molecule has 3 rings (SSSR count). The maximum Gasteiger partial charge on any atom is 0.229 e. The van der Waals surface area contributed by atoms with Crippen molar-refractivity contribution in [2.75, 3.05) is 19.7 Å². The molecule has 2 aliphatic rings. The van der Waals surface area contributed by atoms with Crippen molar-refractivity contribution in [3.63, 3.8) is 0 Å². The number of hydrogen-bond acceptors (Lipinski definition) is 5. The first-order valence-corrected chi connectivity index (χ1v) is 8.36. The third kappa shape index (κ3) is 3.48. The molecule has 1 amide bonds. The fourth-order valence-electron chi connectivity index (χ4n) is 3.19. The minimum atomic E-state index is 0.116. The second kappa shape index (κ2) is 6.77. The van der Waals surface area contributed by atoms with E-state index >= 15 is 0 Å². The monoisotopic (exact) mass is 307 g/mol. The highest BCUT2D eigenvalue weighted by Gasteiger charge is 2.30. The fraction of sp³-hybridized carbons (Fsp3) is 0.812. The van der Waals surface area contributed by atoms with Crippen molar-refractivity contribution >= 4 is 5.91 Å². The van der Waals surface area contributed by atoms with Crippen molar-refractivity contribution in [1.82, 2.24) is 15.0 Å². The molecule has 1 aromatic heterocycles. The van der Waals surface area contributed by atoms with Crippen LogP contribution in [0, 0.1) is 0 Å². The Balaban J connectivity index is 1.59. The molecule has 3 heterocycles. The Morgan fingerprint density at radius 1 is 1.36 bits per heavy atom. The highest BCUT2D eigenvalue weighted by atomic mass is 16.5. The summed E-state index contributed by atoms with van der Waals surface area (Å²) in [6, 6.07) is 0. The predicted octanol–water partition coefficient (Wildman–Crippen LogP) is 2.47. The van der Waals surface area contributed by atoms with Gasteiger partial charge in [-0.15, -0.1) is 0 Å². The van der Waals surface area contributed by atoms with Crippen molar-refractivity contribution < 1.29 is 14.1 Å². The first-order chi connectivity index (χ1) is 10.6. The Morgan fingerprint density at radius 3 is 2.91 bits per heavy atom. The highest BCUT2D eigenvalue weighted by molar-refractivity contribution is 5.76. The van der Waals surface area contributed by atoms with Gasteiger partial charge in [-0.3, -0.25) is 4.79 Å². The largest absolute Gasteiger partial charge is 0.378 e. The molecule has 0 aromatic carbocycles. The van der Waals surface area contributed by atoms with E-state index in [9.17, 15) is 4.79 Å². The molecule has 0 spiro atoms. The third-order valence-corrected chi connectivity index (χ3v) is 4.52. The van der Waals surface area contributed by atoms with E-state index in [0.717, 1.165) is 44.7 Å². The van der Waals surface area contributed by atoms with E-state index in [-0.39, 0.29) is 23.8 Å². The number of carbonyl (C=O) groups is 1. The summed E-state index contributed by atoms with van der Waals surface area (Å²) in [6.07, 6.45) is 4.71. The van der Waals surface area contributed by atoms with E-state index in [0.29, 0.717) is 18.9 Å². The average Bonchev–Trinajstić information content (AvgIpc) is 3.18. The number of hydrogen-bond donors (Lipinski definition) is 0. The van der Waals surface area contributed by atoms with Gasteiger partial charge in [0.05, 0.1) is 12.5 Å². The van der Waals surface area contributed by atoms with Crippen LogP contribution in [-0.2, 0) is 9.53 Å². The summed E-state index contributed by atoms with van der Waals surface area (Å²) >= 11 is 0. The molecule has 2 aliphatic heterocycles. The van der Waals surface area contributed by atoms with Crippen LogP contribution < -0.4 is 0 Å². The van der Waals surface area contributed by atoms with Gasteiger partial charge >= 0.3 is 0 Å². The van der Waals surface area contributed by atoms with E-state index in [2.05, 4.69) is 10.1 Å². The lowest BCUT2D eigenvalue weighted by Gasteiger charge is -2.32. The minimum absolute atomic E-state index is 0.116. The fourth-order valence-corrected chi connectivity index (χ4v) is 3.19. The Bertz CT molecular complexity index is 508. The van der Waals surface area contributed by atoms with Crippen LogP contribution in [0.4, 0.5) is 0 Å². The second-order valence-corrected chi connectivity index (χ2v) is 6.66. The molecule has 22 heavy (non-hydrogen) atoms. The Hall–Kier alpha value is -1.43. The van der Waals surface area contributed by atoms with Gasteiger partial charge in [0.25, 0.3) is 0 Å². The predicted molar refractivity (Wildman–Crippen MR) is 80.5 cm³/mol. The molecule has 0 radical (unpaired) electrons. The molecule has 0 unspecified atom stereocenters. The number of likely N-dealkylation sites (tertiary alicyclic amines) is 1. The van der Waals surface area contributed by atoms with Crippen molar-refractivity contribution in [3.05, 3.63) is 11.7 Å². The van der Waals surface area contributed by atoms with Gasteiger partial charge in [-0.25, -0.2) is 0 Å². The lowest BCUT2D eigenvalue weighted by Crippen LogP contribution is -2.40. The summed E-state index contributed by atoms with van der Waals surface area (Å²) in [7, 11) is 0. The minimum Gasteiger partial charge on any atom is -0.378 e. The summed E-state index contributed by atoms with van der Waals surface area (Å²) in [5, 5.41) is 4.11. The van der Waals surface area contributed by atoms with Crippen molar-refractivity contribution in [2.45, 2.75) is 63.9 Å². The maximum absolute atomic E-state index is 12.4. The third-order valence-electron chi connectivity index (χ3n) is 4.52. The van der Waals surface area contributed by atoms with Crippen LogP contribution in [0.1, 0.15) is 69.5 Å². The van der Waals surface area contributed by atoms with Crippen LogP contribution in [0.25, 0.3) is 0 Å². The molecule has 2 saturated heterocycles. The topological polar surface area (TPSA) is 68.5 Å². The Kier molecular flexibility index (Phi) is 4.76. The molecular formula is C16H25N3O3. The Labute approximate surface area is 131 Å². The van der Waals surface area contributed by atoms with E-state index < -0.39 is 0 Å². The summed E-state index contributed by atoms with van der Waals surface area (Å²) in [5.41, 5.74) is 0. The summed E-state index contributed by atoms with van der Waals surface area (Å²) < 4.78 is 10.9. The van der Waals surface area contributed by atoms with Crippen LogP contribution in [-0.4, -0.2) is 46.7 Å². The molecule has 2 atom stereocenters. The molecule has 0 bridgehead atoms.